The lowest BCUT2D eigenvalue weighted by atomic mass is 9.93. The number of nitrogens with one attached hydrogen (secondary N) is 1. The van der Waals surface area contributed by atoms with E-state index in [1.807, 2.05) is 28.4 Å². The molecule has 6 nitrogen and oxygen atoms in total. The molecule has 4 aliphatic rings. The van der Waals surface area contributed by atoms with E-state index in [2.05, 4.69) is 59.6 Å². The van der Waals surface area contributed by atoms with E-state index in [9.17, 15) is 9.59 Å². The van der Waals surface area contributed by atoms with Gasteiger partial charge in [0.05, 0.1) is 17.3 Å². The highest BCUT2D eigenvalue weighted by Crippen LogP contribution is 2.37. The van der Waals surface area contributed by atoms with Crippen molar-refractivity contribution in [2.24, 2.45) is 4.99 Å². The molecule has 0 saturated carbocycles. The van der Waals surface area contributed by atoms with Crippen LogP contribution in [0.5, 0.6) is 0 Å². The standard InChI is InChI=1S/C34H36N4O2S/c1-22(16-26-17-23-8-2-3-11-32(23)41-26)35-28-9-6-10-31(39)33(28)30-19-24-18-27-25(20-29(24)36-30)21-38(34(27)40)15-7-14-37-12-4-5-13-37/h2-3,6,8-9,11,17-18,20,22,36H,4-5,7,10,12-16,19,21H2,1H3. The number of anilines is 1. The van der Waals surface area contributed by atoms with Gasteiger partial charge in [-0.1, -0.05) is 24.3 Å². The summed E-state index contributed by atoms with van der Waals surface area (Å²) in [6.07, 6.45) is 9.38. The van der Waals surface area contributed by atoms with E-state index in [0.717, 1.165) is 59.7 Å². The van der Waals surface area contributed by atoms with Crippen molar-refractivity contribution in [2.75, 3.05) is 31.5 Å². The average molecular weight is 565 g/mol. The Kier molecular flexibility index (Phi) is 7.09. The zero-order valence-corrected chi connectivity index (χ0v) is 24.4. The Hall–Kier alpha value is -3.55. The molecular weight excluding hydrogens is 528 g/mol. The summed E-state index contributed by atoms with van der Waals surface area (Å²) in [5.74, 6) is 0.239. The van der Waals surface area contributed by atoms with E-state index in [-0.39, 0.29) is 17.7 Å². The second-order valence-electron chi connectivity index (χ2n) is 11.8. The van der Waals surface area contributed by atoms with Crippen LogP contribution in [0.25, 0.3) is 10.1 Å². The van der Waals surface area contributed by atoms with Gasteiger partial charge in [0.25, 0.3) is 5.91 Å². The van der Waals surface area contributed by atoms with Crippen LogP contribution < -0.4 is 5.32 Å². The number of fused-ring (bicyclic) bond motifs is 3. The highest BCUT2D eigenvalue weighted by Gasteiger charge is 2.32. The summed E-state index contributed by atoms with van der Waals surface area (Å²) >= 11 is 1.81. The van der Waals surface area contributed by atoms with E-state index in [1.54, 1.807) is 0 Å². The van der Waals surface area contributed by atoms with E-state index >= 15 is 0 Å². The summed E-state index contributed by atoms with van der Waals surface area (Å²) in [5.41, 5.74) is 6.35. The number of nitrogens with zero attached hydrogens (tertiary/aromatic N) is 3. The van der Waals surface area contributed by atoms with Gasteiger partial charge < -0.3 is 15.1 Å². The molecule has 210 valence electrons. The maximum absolute atomic E-state index is 13.2. The Labute approximate surface area is 245 Å². The molecule has 3 aromatic rings. The first-order valence-corrected chi connectivity index (χ1v) is 15.8. The highest BCUT2D eigenvalue weighted by molar-refractivity contribution is 7.19. The molecular formula is C34H36N4O2S. The van der Waals surface area contributed by atoms with Crippen molar-refractivity contribution < 1.29 is 9.59 Å². The summed E-state index contributed by atoms with van der Waals surface area (Å²) in [6.45, 7) is 7.05. The van der Waals surface area contributed by atoms with Crippen LogP contribution in [0.3, 0.4) is 0 Å². The number of rotatable bonds is 7. The summed E-state index contributed by atoms with van der Waals surface area (Å²) in [4.78, 5) is 37.3. The first-order chi connectivity index (χ1) is 20.0. The number of benzene rings is 2. The number of likely N-dealkylation sites (tertiary alicyclic amines) is 1. The third-order valence-corrected chi connectivity index (χ3v) is 9.85. The minimum atomic E-state index is 0.0471. The Balaban J connectivity index is 1.07. The predicted octanol–water partition coefficient (Wildman–Crippen LogP) is 6.17. The lowest BCUT2D eigenvalue weighted by Gasteiger charge is -2.19. The van der Waals surface area contributed by atoms with Crippen LogP contribution in [0, 0.1) is 0 Å². The van der Waals surface area contributed by atoms with Crippen molar-refractivity contribution in [1.29, 1.82) is 0 Å². The van der Waals surface area contributed by atoms with Crippen LogP contribution >= 0.6 is 11.3 Å². The van der Waals surface area contributed by atoms with E-state index in [0.29, 0.717) is 25.0 Å². The third-order valence-electron chi connectivity index (χ3n) is 8.71. The topological polar surface area (TPSA) is 65.0 Å². The second-order valence-corrected chi connectivity index (χ2v) is 13.0. The molecule has 7 heteroatoms. The van der Waals surface area contributed by atoms with Gasteiger partial charge in [-0.3, -0.25) is 14.6 Å². The van der Waals surface area contributed by atoms with Crippen molar-refractivity contribution in [1.82, 2.24) is 9.80 Å². The van der Waals surface area contributed by atoms with Gasteiger partial charge in [0, 0.05) is 58.9 Å². The van der Waals surface area contributed by atoms with E-state index in [1.165, 1.54) is 40.9 Å². The number of ketones is 1. The van der Waals surface area contributed by atoms with Crippen molar-refractivity contribution >= 4 is 44.5 Å². The maximum Gasteiger partial charge on any atom is 0.254 e. The van der Waals surface area contributed by atoms with Gasteiger partial charge in [-0.2, -0.15) is 0 Å². The molecule has 0 radical (unpaired) electrons. The summed E-state index contributed by atoms with van der Waals surface area (Å²) < 4.78 is 1.29. The van der Waals surface area contributed by atoms with Gasteiger partial charge in [-0.15, -0.1) is 11.3 Å². The Bertz CT molecular complexity index is 1590. The van der Waals surface area contributed by atoms with Gasteiger partial charge >= 0.3 is 0 Å². The van der Waals surface area contributed by atoms with Crippen molar-refractivity contribution in [2.45, 2.75) is 58.0 Å². The number of carbonyl (C=O) groups excluding carboxylic acids is 2. The lowest BCUT2D eigenvalue weighted by Crippen LogP contribution is -2.29. The predicted molar refractivity (Wildman–Crippen MR) is 167 cm³/mol. The van der Waals surface area contributed by atoms with Gasteiger partial charge in [0.15, 0.2) is 5.78 Å². The molecule has 1 amide bonds. The minimum Gasteiger partial charge on any atom is -0.358 e. The summed E-state index contributed by atoms with van der Waals surface area (Å²) in [6, 6.07) is 14.9. The van der Waals surface area contributed by atoms with Crippen LogP contribution in [0.4, 0.5) is 5.69 Å². The average Bonchev–Trinajstić information content (AvgIpc) is 3.74. The molecule has 7 rings (SSSR count). The van der Waals surface area contributed by atoms with Gasteiger partial charge in [0.1, 0.15) is 0 Å². The maximum atomic E-state index is 13.2. The van der Waals surface area contributed by atoms with Crippen LogP contribution in [-0.4, -0.2) is 59.4 Å². The van der Waals surface area contributed by atoms with Gasteiger partial charge in [-0.25, -0.2) is 0 Å². The Morgan fingerprint density at radius 3 is 2.76 bits per heavy atom. The van der Waals surface area contributed by atoms with Crippen LogP contribution in [-0.2, 0) is 24.2 Å². The molecule has 0 spiro atoms. The molecule has 1 unspecified atom stereocenters. The quantitative estimate of drug-likeness (QED) is 0.349. The first-order valence-electron chi connectivity index (χ1n) is 14.9. The van der Waals surface area contributed by atoms with Gasteiger partial charge in [0.2, 0.25) is 0 Å². The lowest BCUT2D eigenvalue weighted by molar-refractivity contribution is -0.114. The van der Waals surface area contributed by atoms with E-state index < -0.39 is 0 Å². The fraction of sp³-hybridized carbons (Fsp3) is 0.382. The monoisotopic (exact) mass is 564 g/mol. The van der Waals surface area contributed by atoms with Crippen LogP contribution in [0.2, 0.25) is 0 Å². The number of carbonyl (C=O) groups is 2. The summed E-state index contributed by atoms with van der Waals surface area (Å²) in [5, 5.41) is 4.82. The molecule has 2 aromatic carbocycles. The SMILES string of the molecule is CC(Cc1cc2ccccc2s1)N=C1C=CCC(=O)C1=C1Cc2cc3c(cc2N1)CN(CCCN1CCCC1)C3=O. The number of amides is 1. The number of Topliss-reactive ketones (excluding diaryl/α,β-unsaturated/α-hetero) is 1. The Morgan fingerprint density at radius 2 is 1.90 bits per heavy atom. The fourth-order valence-corrected chi connectivity index (χ4v) is 7.88. The first kappa shape index (κ1) is 26.4. The molecule has 0 bridgehead atoms. The number of thiophene rings is 1. The number of hydrogen-bond donors (Lipinski definition) is 1. The van der Waals surface area contributed by atoms with Crippen molar-refractivity contribution in [3.05, 3.63) is 87.5 Å². The minimum absolute atomic E-state index is 0.0471. The van der Waals surface area contributed by atoms with Crippen molar-refractivity contribution in [3.8, 4) is 0 Å². The highest BCUT2D eigenvalue weighted by atomic mass is 32.1. The molecule has 1 saturated heterocycles. The third kappa shape index (κ3) is 5.29. The van der Waals surface area contributed by atoms with Gasteiger partial charge in [-0.05, 0) is 92.7 Å². The smallest absolute Gasteiger partial charge is 0.254 e. The fourth-order valence-electron chi connectivity index (χ4n) is 6.70. The second kappa shape index (κ2) is 11.0. The van der Waals surface area contributed by atoms with Crippen LogP contribution in [0.15, 0.2) is 70.9 Å². The molecule has 41 heavy (non-hydrogen) atoms. The largest absolute Gasteiger partial charge is 0.358 e. The number of hydrogen-bond acceptors (Lipinski definition) is 6. The molecule has 3 aliphatic heterocycles. The molecule has 1 aliphatic carbocycles. The molecule has 1 aromatic heterocycles. The molecule has 1 N–H and O–H groups in total. The molecule has 1 fully saturated rings. The zero-order valence-electron chi connectivity index (χ0n) is 23.6. The molecule has 1 atom stereocenters. The summed E-state index contributed by atoms with van der Waals surface area (Å²) in [7, 11) is 0. The van der Waals surface area contributed by atoms with Crippen LogP contribution in [0.1, 0.15) is 59.0 Å². The van der Waals surface area contributed by atoms with E-state index in [4.69, 9.17) is 4.99 Å². The Morgan fingerprint density at radius 1 is 1.05 bits per heavy atom. The zero-order chi connectivity index (χ0) is 27.9. The molecule has 4 heterocycles. The normalized spacial score (nSPS) is 22.2. The number of aliphatic imine (C=N–C) groups is 1. The van der Waals surface area contributed by atoms with Crippen molar-refractivity contribution in [3.63, 3.8) is 0 Å². The number of allylic oxidation sites excluding steroid dienone is 4.